The number of aliphatic carboxylic acids is 1. The summed E-state index contributed by atoms with van der Waals surface area (Å²) >= 11 is 0. The van der Waals surface area contributed by atoms with Crippen molar-refractivity contribution in [3.63, 3.8) is 0 Å². The number of benzene rings is 1. The summed E-state index contributed by atoms with van der Waals surface area (Å²) in [6.45, 7) is 1.42. The van der Waals surface area contributed by atoms with Crippen molar-refractivity contribution in [2.75, 3.05) is 7.11 Å². The number of hydrogen-bond donors (Lipinski definition) is 1. The van der Waals surface area contributed by atoms with Gasteiger partial charge in [-0.3, -0.25) is 9.59 Å². The average Bonchev–Trinajstić information content (AvgIpc) is 2.28. The molecule has 92 valence electrons. The van der Waals surface area contributed by atoms with Gasteiger partial charge in [0.25, 0.3) is 0 Å². The minimum Gasteiger partial charge on any atom is -0.496 e. The second-order valence-electron chi connectivity index (χ2n) is 3.71. The molecule has 0 fully saturated rings. The van der Waals surface area contributed by atoms with Crippen molar-refractivity contribution in [2.24, 2.45) is 5.92 Å². The number of ketones is 1. The van der Waals surface area contributed by atoms with Gasteiger partial charge in [-0.2, -0.15) is 0 Å². The zero-order valence-corrected chi connectivity index (χ0v) is 9.57. The van der Waals surface area contributed by atoms with E-state index in [0.29, 0.717) is 0 Å². The highest BCUT2D eigenvalue weighted by atomic mass is 19.1. The summed E-state index contributed by atoms with van der Waals surface area (Å²) in [6.07, 6.45) is -0.185. The Hall–Kier alpha value is -1.91. The van der Waals surface area contributed by atoms with Crippen molar-refractivity contribution >= 4 is 11.8 Å². The third-order valence-electron chi connectivity index (χ3n) is 2.38. The van der Waals surface area contributed by atoms with Gasteiger partial charge < -0.3 is 9.84 Å². The van der Waals surface area contributed by atoms with Crippen LogP contribution in [-0.4, -0.2) is 24.0 Å². The van der Waals surface area contributed by atoms with Crippen molar-refractivity contribution in [1.82, 2.24) is 0 Å². The van der Waals surface area contributed by atoms with Crippen LogP contribution in [0.2, 0.25) is 0 Å². The van der Waals surface area contributed by atoms with Crippen molar-refractivity contribution in [3.05, 3.63) is 29.6 Å². The molecule has 0 aliphatic carbocycles. The first kappa shape index (κ1) is 13.2. The molecule has 1 N–H and O–H groups in total. The van der Waals surface area contributed by atoms with E-state index < -0.39 is 23.5 Å². The Morgan fingerprint density at radius 2 is 2.12 bits per heavy atom. The Morgan fingerprint density at radius 3 is 2.65 bits per heavy atom. The molecule has 0 bridgehead atoms. The third kappa shape index (κ3) is 3.27. The minimum atomic E-state index is -1.06. The van der Waals surface area contributed by atoms with Gasteiger partial charge in [0.05, 0.1) is 18.6 Å². The fourth-order valence-corrected chi connectivity index (χ4v) is 1.37. The van der Waals surface area contributed by atoms with E-state index in [0.717, 1.165) is 6.07 Å². The smallest absolute Gasteiger partial charge is 0.306 e. The molecule has 1 rings (SSSR count). The zero-order chi connectivity index (χ0) is 13.0. The van der Waals surface area contributed by atoms with Crippen molar-refractivity contribution in [3.8, 4) is 5.75 Å². The van der Waals surface area contributed by atoms with Crippen LogP contribution in [-0.2, 0) is 4.79 Å². The lowest BCUT2D eigenvalue weighted by molar-refractivity contribution is -0.141. The van der Waals surface area contributed by atoms with Crippen molar-refractivity contribution < 1.29 is 23.8 Å². The lowest BCUT2D eigenvalue weighted by atomic mass is 9.99. The first-order chi connectivity index (χ1) is 7.95. The molecule has 0 spiro atoms. The van der Waals surface area contributed by atoms with Gasteiger partial charge in [0, 0.05) is 6.42 Å². The van der Waals surface area contributed by atoms with Crippen LogP contribution in [0.25, 0.3) is 0 Å². The van der Waals surface area contributed by atoms with Crippen LogP contribution in [0.1, 0.15) is 23.7 Å². The largest absolute Gasteiger partial charge is 0.496 e. The van der Waals surface area contributed by atoms with Crippen LogP contribution in [0, 0.1) is 11.7 Å². The summed E-state index contributed by atoms with van der Waals surface area (Å²) < 4.78 is 17.9. The Kier molecular flexibility index (Phi) is 4.20. The first-order valence-electron chi connectivity index (χ1n) is 5.05. The maximum Gasteiger partial charge on any atom is 0.306 e. The van der Waals surface area contributed by atoms with Gasteiger partial charge in [-0.25, -0.2) is 4.39 Å². The minimum absolute atomic E-state index is 0.0700. The number of halogens is 1. The molecule has 0 aliphatic rings. The third-order valence-corrected chi connectivity index (χ3v) is 2.38. The second-order valence-corrected chi connectivity index (χ2v) is 3.71. The normalized spacial score (nSPS) is 11.9. The molecule has 1 unspecified atom stereocenters. The van der Waals surface area contributed by atoms with Gasteiger partial charge >= 0.3 is 5.97 Å². The Balaban J connectivity index is 2.95. The molecule has 0 saturated heterocycles. The maximum atomic E-state index is 13.0. The van der Waals surface area contributed by atoms with E-state index in [-0.39, 0.29) is 17.7 Å². The maximum absolute atomic E-state index is 13.0. The Labute approximate surface area is 98.0 Å². The predicted molar refractivity (Wildman–Crippen MR) is 58.7 cm³/mol. The molecule has 1 atom stereocenters. The van der Waals surface area contributed by atoms with Crippen LogP contribution in [0.5, 0.6) is 5.75 Å². The highest BCUT2D eigenvalue weighted by Gasteiger charge is 2.20. The number of carbonyl (C=O) groups is 2. The van der Waals surface area contributed by atoms with Crippen LogP contribution in [0.4, 0.5) is 4.39 Å². The summed E-state index contributed by atoms with van der Waals surface area (Å²) in [7, 11) is 1.37. The quantitative estimate of drug-likeness (QED) is 0.801. The SMILES string of the molecule is COc1ccc(F)cc1C(=O)CC(C)C(=O)O. The summed E-state index contributed by atoms with van der Waals surface area (Å²) in [5, 5.41) is 8.70. The van der Waals surface area contributed by atoms with E-state index in [2.05, 4.69) is 0 Å². The molecule has 0 saturated carbocycles. The molecule has 0 aromatic heterocycles. The van der Waals surface area contributed by atoms with Gasteiger partial charge in [0.2, 0.25) is 0 Å². The predicted octanol–water partition coefficient (Wildman–Crippen LogP) is 2.13. The Morgan fingerprint density at radius 1 is 1.47 bits per heavy atom. The monoisotopic (exact) mass is 240 g/mol. The summed E-state index contributed by atoms with van der Waals surface area (Å²) in [5.74, 6) is -2.63. The van der Waals surface area contributed by atoms with E-state index in [1.54, 1.807) is 0 Å². The number of methoxy groups -OCH3 is 1. The number of carboxylic acids is 1. The lowest BCUT2D eigenvalue weighted by Crippen LogP contribution is -2.15. The van der Waals surface area contributed by atoms with E-state index in [1.165, 1.54) is 26.2 Å². The fourth-order valence-electron chi connectivity index (χ4n) is 1.37. The number of rotatable bonds is 5. The molecule has 17 heavy (non-hydrogen) atoms. The number of hydrogen-bond acceptors (Lipinski definition) is 3. The van der Waals surface area contributed by atoms with Gasteiger partial charge in [-0.15, -0.1) is 0 Å². The number of carboxylic acid groups (broad SMARTS) is 1. The first-order valence-corrected chi connectivity index (χ1v) is 5.05. The number of Topliss-reactive ketones (excluding diaryl/α,β-unsaturated/α-hetero) is 1. The molecular weight excluding hydrogens is 227 g/mol. The van der Waals surface area contributed by atoms with Gasteiger partial charge in [-0.05, 0) is 18.2 Å². The molecule has 0 amide bonds. The van der Waals surface area contributed by atoms with Gasteiger partial charge in [0.15, 0.2) is 5.78 Å². The molecule has 1 aromatic rings. The Bertz CT molecular complexity index is 442. The molecule has 0 aliphatic heterocycles. The molecular formula is C12H13FO4. The number of carbonyl (C=O) groups excluding carboxylic acids is 1. The van der Waals surface area contributed by atoms with E-state index in [1.807, 2.05) is 0 Å². The second kappa shape index (κ2) is 5.43. The molecule has 5 heteroatoms. The highest BCUT2D eigenvalue weighted by molar-refractivity contribution is 6.00. The summed E-state index contributed by atoms with van der Waals surface area (Å²) in [4.78, 5) is 22.4. The fraction of sp³-hybridized carbons (Fsp3) is 0.333. The zero-order valence-electron chi connectivity index (χ0n) is 9.57. The molecule has 0 radical (unpaired) electrons. The van der Waals surface area contributed by atoms with E-state index in [9.17, 15) is 14.0 Å². The van der Waals surface area contributed by atoms with Crippen molar-refractivity contribution in [2.45, 2.75) is 13.3 Å². The molecule has 1 aromatic carbocycles. The van der Waals surface area contributed by atoms with Crippen LogP contribution in [0.15, 0.2) is 18.2 Å². The standard InChI is InChI=1S/C12H13FO4/c1-7(12(15)16)5-10(14)9-6-8(13)3-4-11(9)17-2/h3-4,6-7H,5H2,1-2H3,(H,15,16). The summed E-state index contributed by atoms with van der Waals surface area (Å²) in [5.41, 5.74) is 0.0700. The van der Waals surface area contributed by atoms with Gasteiger partial charge in [0.1, 0.15) is 11.6 Å². The topological polar surface area (TPSA) is 63.6 Å². The molecule has 4 nitrogen and oxygen atoms in total. The van der Waals surface area contributed by atoms with Crippen LogP contribution < -0.4 is 4.74 Å². The van der Waals surface area contributed by atoms with Gasteiger partial charge in [-0.1, -0.05) is 6.92 Å². The number of ether oxygens (including phenoxy) is 1. The molecule has 0 heterocycles. The van der Waals surface area contributed by atoms with E-state index >= 15 is 0 Å². The van der Waals surface area contributed by atoms with E-state index in [4.69, 9.17) is 9.84 Å². The average molecular weight is 240 g/mol. The van der Waals surface area contributed by atoms with Crippen molar-refractivity contribution in [1.29, 1.82) is 0 Å². The lowest BCUT2D eigenvalue weighted by Gasteiger charge is -2.09. The van der Waals surface area contributed by atoms with Crippen LogP contribution in [0.3, 0.4) is 0 Å². The summed E-state index contributed by atoms with van der Waals surface area (Å²) in [6, 6.07) is 3.57. The van der Waals surface area contributed by atoms with Crippen LogP contribution >= 0.6 is 0 Å². The highest BCUT2D eigenvalue weighted by Crippen LogP contribution is 2.22.